The van der Waals surface area contributed by atoms with Crippen molar-refractivity contribution in [3.8, 4) is 11.6 Å². The molecule has 0 unspecified atom stereocenters. The molecule has 0 saturated carbocycles. The standard InChI is InChI=1S/C15H14BrN3O/c16-11-5-1-2-6-13(11)20-15-12(8-9-17)19-10-4-3-7-14(19)18-15/h1-7,10H,8-9,17H2. The van der Waals surface area contributed by atoms with Crippen molar-refractivity contribution in [3.63, 3.8) is 0 Å². The Kier molecular flexibility index (Phi) is 3.71. The van der Waals surface area contributed by atoms with E-state index < -0.39 is 0 Å². The first-order valence-electron chi connectivity index (χ1n) is 6.38. The number of benzene rings is 1. The summed E-state index contributed by atoms with van der Waals surface area (Å²) in [7, 11) is 0. The third-order valence-corrected chi connectivity index (χ3v) is 3.67. The minimum Gasteiger partial charge on any atom is -0.436 e. The van der Waals surface area contributed by atoms with E-state index in [1.165, 1.54) is 0 Å². The number of pyridine rings is 1. The number of nitrogens with zero attached hydrogens (tertiary/aromatic N) is 2. The van der Waals surface area contributed by atoms with Crippen LogP contribution in [0.5, 0.6) is 11.6 Å². The van der Waals surface area contributed by atoms with Gasteiger partial charge in [0.25, 0.3) is 0 Å². The summed E-state index contributed by atoms with van der Waals surface area (Å²) in [6.07, 6.45) is 2.69. The van der Waals surface area contributed by atoms with Crippen molar-refractivity contribution in [3.05, 3.63) is 58.8 Å². The van der Waals surface area contributed by atoms with Crippen LogP contribution in [-0.2, 0) is 6.42 Å². The highest BCUT2D eigenvalue weighted by Crippen LogP contribution is 2.31. The summed E-state index contributed by atoms with van der Waals surface area (Å²) in [6, 6.07) is 13.6. The lowest BCUT2D eigenvalue weighted by molar-refractivity contribution is 0.456. The average molecular weight is 332 g/mol. The number of para-hydroxylation sites is 1. The van der Waals surface area contributed by atoms with Crippen molar-refractivity contribution in [2.45, 2.75) is 6.42 Å². The lowest BCUT2D eigenvalue weighted by Crippen LogP contribution is -2.06. The highest BCUT2D eigenvalue weighted by molar-refractivity contribution is 9.10. The molecule has 5 heteroatoms. The molecule has 20 heavy (non-hydrogen) atoms. The summed E-state index contributed by atoms with van der Waals surface area (Å²) >= 11 is 3.48. The predicted octanol–water partition coefficient (Wildman–Crippen LogP) is 3.39. The zero-order valence-corrected chi connectivity index (χ0v) is 12.4. The van der Waals surface area contributed by atoms with Crippen LogP contribution >= 0.6 is 15.9 Å². The van der Waals surface area contributed by atoms with Gasteiger partial charge in [-0.25, -0.2) is 0 Å². The van der Waals surface area contributed by atoms with Gasteiger partial charge in [0.15, 0.2) is 0 Å². The Morgan fingerprint density at radius 2 is 1.95 bits per heavy atom. The molecule has 0 saturated heterocycles. The molecule has 2 heterocycles. The molecule has 2 aromatic heterocycles. The normalized spacial score (nSPS) is 10.9. The highest BCUT2D eigenvalue weighted by Gasteiger charge is 2.14. The molecule has 0 aliphatic heterocycles. The van der Waals surface area contributed by atoms with Crippen molar-refractivity contribution in [2.75, 3.05) is 6.54 Å². The Balaban J connectivity index is 2.06. The maximum atomic E-state index is 5.94. The number of rotatable bonds is 4. The lowest BCUT2D eigenvalue weighted by Gasteiger charge is -2.07. The third kappa shape index (κ3) is 2.42. The predicted molar refractivity (Wildman–Crippen MR) is 82.2 cm³/mol. The largest absolute Gasteiger partial charge is 0.436 e. The van der Waals surface area contributed by atoms with E-state index in [2.05, 4.69) is 20.9 Å². The number of fused-ring (bicyclic) bond motifs is 1. The fraction of sp³-hybridized carbons (Fsp3) is 0.133. The fourth-order valence-electron chi connectivity index (χ4n) is 2.10. The van der Waals surface area contributed by atoms with Crippen LogP contribution in [0.15, 0.2) is 53.1 Å². The molecule has 0 spiro atoms. The molecular weight excluding hydrogens is 318 g/mol. The minimum absolute atomic E-state index is 0.551. The number of aromatic nitrogens is 2. The molecule has 1 aromatic carbocycles. The summed E-state index contributed by atoms with van der Waals surface area (Å²) in [4.78, 5) is 4.53. The smallest absolute Gasteiger partial charge is 0.241 e. The summed E-state index contributed by atoms with van der Waals surface area (Å²) in [5.74, 6) is 1.35. The van der Waals surface area contributed by atoms with Gasteiger partial charge >= 0.3 is 0 Å². The van der Waals surface area contributed by atoms with Crippen LogP contribution in [0.25, 0.3) is 5.65 Å². The van der Waals surface area contributed by atoms with Crippen LogP contribution in [0.4, 0.5) is 0 Å². The van der Waals surface area contributed by atoms with E-state index in [0.29, 0.717) is 18.8 Å². The van der Waals surface area contributed by atoms with Crippen molar-refractivity contribution >= 4 is 21.6 Å². The Morgan fingerprint density at radius 3 is 2.75 bits per heavy atom. The Hall–Kier alpha value is -1.85. The van der Waals surface area contributed by atoms with Crippen molar-refractivity contribution in [1.82, 2.24) is 9.38 Å². The number of hydrogen-bond acceptors (Lipinski definition) is 3. The van der Waals surface area contributed by atoms with Gasteiger partial charge < -0.3 is 14.9 Å². The number of ether oxygens (including phenoxy) is 1. The van der Waals surface area contributed by atoms with E-state index >= 15 is 0 Å². The summed E-state index contributed by atoms with van der Waals surface area (Å²) < 4.78 is 8.86. The van der Waals surface area contributed by atoms with Gasteiger partial charge in [-0.3, -0.25) is 0 Å². The van der Waals surface area contributed by atoms with Crippen molar-refractivity contribution in [1.29, 1.82) is 0 Å². The van der Waals surface area contributed by atoms with Gasteiger partial charge in [0.2, 0.25) is 5.88 Å². The quantitative estimate of drug-likeness (QED) is 0.797. The van der Waals surface area contributed by atoms with E-state index in [9.17, 15) is 0 Å². The zero-order valence-electron chi connectivity index (χ0n) is 10.8. The van der Waals surface area contributed by atoms with E-state index in [1.54, 1.807) is 0 Å². The van der Waals surface area contributed by atoms with Crippen LogP contribution in [0.3, 0.4) is 0 Å². The van der Waals surface area contributed by atoms with Gasteiger partial charge in [0, 0.05) is 12.6 Å². The number of hydrogen-bond donors (Lipinski definition) is 1. The first kappa shape index (κ1) is 13.1. The van der Waals surface area contributed by atoms with Crippen molar-refractivity contribution in [2.24, 2.45) is 5.73 Å². The van der Waals surface area contributed by atoms with E-state index in [0.717, 1.165) is 21.6 Å². The Morgan fingerprint density at radius 1 is 1.15 bits per heavy atom. The van der Waals surface area contributed by atoms with Gasteiger partial charge in [-0.1, -0.05) is 18.2 Å². The molecule has 0 aliphatic carbocycles. The van der Waals surface area contributed by atoms with Gasteiger partial charge in [0.1, 0.15) is 11.4 Å². The molecule has 0 radical (unpaired) electrons. The van der Waals surface area contributed by atoms with Crippen LogP contribution in [0.2, 0.25) is 0 Å². The highest BCUT2D eigenvalue weighted by atomic mass is 79.9. The average Bonchev–Trinajstić information content (AvgIpc) is 2.80. The number of imidazole rings is 1. The molecule has 4 nitrogen and oxygen atoms in total. The maximum absolute atomic E-state index is 5.94. The van der Waals surface area contributed by atoms with Gasteiger partial charge in [-0.2, -0.15) is 4.98 Å². The molecule has 0 fully saturated rings. The molecule has 2 N–H and O–H groups in total. The molecule has 0 atom stereocenters. The maximum Gasteiger partial charge on any atom is 0.241 e. The topological polar surface area (TPSA) is 52.5 Å². The number of nitrogens with two attached hydrogens (primary N) is 1. The zero-order chi connectivity index (χ0) is 13.9. The molecule has 3 aromatic rings. The molecule has 3 rings (SSSR count). The first-order valence-corrected chi connectivity index (χ1v) is 7.17. The SMILES string of the molecule is NCCc1c(Oc2ccccc2Br)nc2ccccn12. The van der Waals surface area contributed by atoms with E-state index in [4.69, 9.17) is 10.5 Å². The molecular formula is C15H14BrN3O. The second-order valence-corrected chi connectivity index (χ2v) is 5.22. The summed E-state index contributed by atoms with van der Waals surface area (Å²) in [5.41, 5.74) is 7.54. The lowest BCUT2D eigenvalue weighted by atomic mass is 10.3. The van der Waals surface area contributed by atoms with Crippen LogP contribution in [0.1, 0.15) is 5.69 Å². The van der Waals surface area contributed by atoms with Crippen LogP contribution in [-0.4, -0.2) is 15.9 Å². The second-order valence-electron chi connectivity index (χ2n) is 4.36. The fourth-order valence-corrected chi connectivity index (χ4v) is 2.47. The summed E-state index contributed by atoms with van der Waals surface area (Å²) in [6.45, 7) is 0.551. The Labute approximate surface area is 125 Å². The van der Waals surface area contributed by atoms with Crippen molar-refractivity contribution < 1.29 is 4.74 Å². The monoisotopic (exact) mass is 331 g/mol. The van der Waals surface area contributed by atoms with Gasteiger partial charge in [0.05, 0.1) is 10.2 Å². The van der Waals surface area contributed by atoms with E-state index in [1.807, 2.05) is 53.1 Å². The molecule has 0 amide bonds. The summed E-state index contributed by atoms with van der Waals surface area (Å²) in [5, 5.41) is 0. The molecule has 0 aliphatic rings. The molecule has 0 bridgehead atoms. The number of halogens is 1. The Bertz CT molecular complexity index is 739. The minimum atomic E-state index is 0.551. The van der Waals surface area contributed by atoms with Crippen LogP contribution < -0.4 is 10.5 Å². The third-order valence-electron chi connectivity index (χ3n) is 3.02. The van der Waals surface area contributed by atoms with Gasteiger partial charge in [-0.15, -0.1) is 0 Å². The first-order chi connectivity index (χ1) is 9.79. The van der Waals surface area contributed by atoms with E-state index in [-0.39, 0.29) is 0 Å². The van der Waals surface area contributed by atoms with Crippen LogP contribution in [0, 0.1) is 0 Å². The van der Waals surface area contributed by atoms with Gasteiger partial charge in [-0.05, 0) is 46.7 Å². The molecule has 102 valence electrons. The second kappa shape index (κ2) is 5.64.